The molecule has 0 fully saturated rings. The third-order valence-electron chi connectivity index (χ3n) is 1.50. The highest BCUT2D eigenvalue weighted by Crippen LogP contribution is 2.29. The summed E-state index contributed by atoms with van der Waals surface area (Å²) in [6, 6.07) is 7.39. The number of nitrogens with one attached hydrogen (secondary N) is 1. The van der Waals surface area contributed by atoms with Crippen LogP contribution in [0.25, 0.3) is 0 Å². The highest BCUT2D eigenvalue weighted by molar-refractivity contribution is 6.43. The Balaban J connectivity index is 2.67. The Morgan fingerprint density at radius 2 is 2.15 bits per heavy atom. The molecule has 0 atom stereocenters. The maximum absolute atomic E-state index is 8.32. The second kappa shape index (κ2) is 4.96. The third kappa shape index (κ3) is 2.80. The first-order chi connectivity index (χ1) is 6.25. The van der Waals surface area contributed by atoms with E-state index >= 15 is 0 Å². The minimum absolute atomic E-state index is 0.447. The van der Waals surface area contributed by atoms with E-state index in [1.165, 1.54) is 0 Å². The lowest BCUT2D eigenvalue weighted by atomic mass is 10.3. The maximum atomic E-state index is 8.32. The van der Waals surface area contributed by atoms with Crippen LogP contribution in [0.1, 0.15) is 6.42 Å². The molecule has 13 heavy (non-hydrogen) atoms. The standard InChI is InChI=1S/C9H8Cl2N2/c10-7-3-1-4-8(9(7)11)13-6-2-5-12/h1,3-4,13H,2,6H2. The van der Waals surface area contributed by atoms with Gasteiger partial charge in [-0.3, -0.25) is 0 Å². The second-order valence-electron chi connectivity index (χ2n) is 2.44. The minimum atomic E-state index is 0.447. The second-order valence-corrected chi connectivity index (χ2v) is 3.22. The van der Waals surface area contributed by atoms with Gasteiger partial charge >= 0.3 is 0 Å². The molecule has 0 saturated carbocycles. The molecule has 0 unspecified atom stereocenters. The molecule has 1 aromatic rings. The average molecular weight is 215 g/mol. The fraction of sp³-hybridized carbons (Fsp3) is 0.222. The molecule has 0 aliphatic carbocycles. The maximum Gasteiger partial charge on any atom is 0.0823 e. The van der Waals surface area contributed by atoms with Crippen molar-refractivity contribution in [1.29, 1.82) is 5.26 Å². The van der Waals surface area contributed by atoms with E-state index in [9.17, 15) is 0 Å². The van der Waals surface area contributed by atoms with Crippen LogP contribution in [0.2, 0.25) is 10.0 Å². The van der Waals surface area contributed by atoms with Gasteiger partial charge in [0, 0.05) is 6.54 Å². The van der Waals surface area contributed by atoms with Crippen molar-refractivity contribution in [2.24, 2.45) is 0 Å². The van der Waals surface area contributed by atoms with Crippen molar-refractivity contribution >= 4 is 28.9 Å². The lowest BCUT2D eigenvalue weighted by Gasteiger charge is -2.06. The number of halogens is 2. The zero-order valence-electron chi connectivity index (χ0n) is 6.85. The van der Waals surface area contributed by atoms with E-state index in [4.69, 9.17) is 28.5 Å². The number of hydrogen-bond acceptors (Lipinski definition) is 2. The zero-order chi connectivity index (χ0) is 9.68. The van der Waals surface area contributed by atoms with Gasteiger partial charge in [0.1, 0.15) is 0 Å². The Bertz CT molecular complexity index is 331. The van der Waals surface area contributed by atoms with Crippen LogP contribution < -0.4 is 5.32 Å². The molecule has 4 heteroatoms. The molecule has 2 nitrogen and oxygen atoms in total. The summed E-state index contributed by atoms with van der Waals surface area (Å²) in [4.78, 5) is 0. The molecular weight excluding hydrogens is 207 g/mol. The molecule has 0 heterocycles. The monoisotopic (exact) mass is 214 g/mol. The molecule has 0 saturated heterocycles. The number of nitrogens with zero attached hydrogens (tertiary/aromatic N) is 1. The smallest absolute Gasteiger partial charge is 0.0823 e. The Morgan fingerprint density at radius 1 is 1.38 bits per heavy atom. The summed E-state index contributed by atoms with van der Waals surface area (Å²) in [5.74, 6) is 0. The average Bonchev–Trinajstić information content (AvgIpc) is 2.13. The van der Waals surface area contributed by atoms with Crippen molar-refractivity contribution in [2.75, 3.05) is 11.9 Å². The first kappa shape index (κ1) is 10.2. The van der Waals surface area contributed by atoms with Crippen LogP contribution >= 0.6 is 23.2 Å². The summed E-state index contributed by atoms with van der Waals surface area (Å²) in [6.07, 6.45) is 0.447. The van der Waals surface area contributed by atoms with E-state index in [0.717, 1.165) is 5.69 Å². The van der Waals surface area contributed by atoms with Gasteiger partial charge in [-0.1, -0.05) is 29.3 Å². The molecule has 0 radical (unpaired) electrons. The summed E-state index contributed by atoms with van der Waals surface area (Å²) >= 11 is 11.7. The van der Waals surface area contributed by atoms with Crippen molar-refractivity contribution in [3.63, 3.8) is 0 Å². The number of anilines is 1. The molecule has 0 spiro atoms. The normalized spacial score (nSPS) is 9.31. The molecule has 1 rings (SSSR count). The lowest BCUT2D eigenvalue weighted by molar-refractivity contribution is 1.08. The van der Waals surface area contributed by atoms with Crippen molar-refractivity contribution in [3.05, 3.63) is 28.2 Å². The van der Waals surface area contributed by atoms with E-state index in [1.54, 1.807) is 6.07 Å². The van der Waals surface area contributed by atoms with Crippen LogP contribution in [0.15, 0.2) is 18.2 Å². The van der Waals surface area contributed by atoms with E-state index in [2.05, 4.69) is 5.32 Å². The Labute approximate surface area is 87.1 Å². The van der Waals surface area contributed by atoms with Gasteiger partial charge in [-0.25, -0.2) is 0 Å². The van der Waals surface area contributed by atoms with Crippen molar-refractivity contribution < 1.29 is 0 Å². The number of rotatable bonds is 3. The Kier molecular flexibility index (Phi) is 3.88. The summed E-state index contributed by atoms with van der Waals surface area (Å²) in [6.45, 7) is 0.580. The number of nitriles is 1. The number of benzene rings is 1. The summed E-state index contributed by atoms with van der Waals surface area (Å²) in [7, 11) is 0. The molecule has 0 amide bonds. The Hall–Kier alpha value is -0.910. The topological polar surface area (TPSA) is 35.8 Å². The van der Waals surface area contributed by atoms with Gasteiger partial charge in [-0.15, -0.1) is 0 Å². The van der Waals surface area contributed by atoms with E-state index in [1.807, 2.05) is 18.2 Å². The van der Waals surface area contributed by atoms with Crippen LogP contribution in [0, 0.1) is 11.3 Å². The third-order valence-corrected chi connectivity index (χ3v) is 2.32. The van der Waals surface area contributed by atoms with Crippen molar-refractivity contribution in [1.82, 2.24) is 0 Å². The van der Waals surface area contributed by atoms with Crippen molar-refractivity contribution in [2.45, 2.75) is 6.42 Å². The molecule has 68 valence electrons. The summed E-state index contributed by atoms with van der Waals surface area (Å²) < 4.78 is 0. The fourth-order valence-electron chi connectivity index (χ4n) is 0.893. The molecule has 0 bridgehead atoms. The quantitative estimate of drug-likeness (QED) is 0.785. The summed E-state index contributed by atoms with van der Waals surface area (Å²) in [5.41, 5.74) is 0.768. The highest BCUT2D eigenvalue weighted by atomic mass is 35.5. The van der Waals surface area contributed by atoms with Gasteiger partial charge in [0.25, 0.3) is 0 Å². The molecule has 0 aliphatic rings. The molecular formula is C9H8Cl2N2. The predicted molar refractivity (Wildman–Crippen MR) is 55.2 cm³/mol. The van der Waals surface area contributed by atoms with Gasteiger partial charge < -0.3 is 5.32 Å². The minimum Gasteiger partial charge on any atom is -0.383 e. The van der Waals surface area contributed by atoms with Gasteiger partial charge in [-0.2, -0.15) is 5.26 Å². The SMILES string of the molecule is N#CCCNc1cccc(Cl)c1Cl. The first-order valence-electron chi connectivity index (χ1n) is 3.80. The predicted octanol–water partition coefficient (Wildman–Crippen LogP) is 3.32. The van der Waals surface area contributed by atoms with Gasteiger partial charge in [-0.05, 0) is 12.1 Å². The van der Waals surface area contributed by atoms with Crippen LogP contribution in [0.4, 0.5) is 5.69 Å². The number of hydrogen-bond donors (Lipinski definition) is 1. The highest BCUT2D eigenvalue weighted by Gasteiger charge is 2.02. The van der Waals surface area contributed by atoms with Crippen LogP contribution in [0.5, 0.6) is 0 Å². The molecule has 1 N–H and O–H groups in total. The van der Waals surface area contributed by atoms with E-state index in [0.29, 0.717) is 23.0 Å². The zero-order valence-corrected chi connectivity index (χ0v) is 8.36. The largest absolute Gasteiger partial charge is 0.383 e. The Morgan fingerprint density at radius 3 is 2.85 bits per heavy atom. The van der Waals surface area contributed by atoms with Crippen LogP contribution in [-0.4, -0.2) is 6.54 Å². The van der Waals surface area contributed by atoms with Crippen molar-refractivity contribution in [3.8, 4) is 6.07 Å². The molecule has 1 aromatic carbocycles. The van der Waals surface area contributed by atoms with Crippen LogP contribution in [0.3, 0.4) is 0 Å². The van der Waals surface area contributed by atoms with Gasteiger partial charge in [0.05, 0.1) is 28.2 Å². The first-order valence-corrected chi connectivity index (χ1v) is 4.56. The lowest BCUT2D eigenvalue weighted by Crippen LogP contribution is -2.00. The van der Waals surface area contributed by atoms with Crippen LogP contribution in [-0.2, 0) is 0 Å². The van der Waals surface area contributed by atoms with E-state index in [-0.39, 0.29) is 0 Å². The molecule has 0 aliphatic heterocycles. The summed E-state index contributed by atoms with van der Waals surface area (Å²) in [5, 5.41) is 12.4. The van der Waals surface area contributed by atoms with Gasteiger partial charge in [0.15, 0.2) is 0 Å². The fourth-order valence-corrected chi connectivity index (χ4v) is 1.26. The van der Waals surface area contributed by atoms with E-state index < -0.39 is 0 Å². The van der Waals surface area contributed by atoms with Gasteiger partial charge in [0.2, 0.25) is 0 Å². The molecule has 0 aromatic heterocycles.